The molecule has 2 aromatic rings. The number of halogens is 1. The van der Waals surface area contributed by atoms with E-state index in [0.29, 0.717) is 22.7 Å². The second kappa shape index (κ2) is 7.30. The summed E-state index contributed by atoms with van der Waals surface area (Å²) in [5.74, 6) is -1.43. The molecule has 0 fully saturated rings. The van der Waals surface area contributed by atoms with Crippen LogP contribution in [0, 0.1) is 5.92 Å². The summed E-state index contributed by atoms with van der Waals surface area (Å²) >= 11 is 5.86. The Morgan fingerprint density at radius 2 is 1.54 bits per heavy atom. The van der Waals surface area contributed by atoms with E-state index in [4.69, 9.17) is 11.6 Å². The normalized spacial score (nSPS) is 14.5. The monoisotopic (exact) mass is 370 g/mol. The first-order chi connectivity index (χ1) is 12.4. The molecule has 5 nitrogen and oxygen atoms in total. The van der Waals surface area contributed by atoms with E-state index in [-0.39, 0.29) is 11.8 Å². The predicted octanol–water partition coefficient (Wildman–Crippen LogP) is 3.28. The van der Waals surface area contributed by atoms with Gasteiger partial charge in [-0.05, 0) is 35.7 Å². The second-order valence-corrected chi connectivity index (χ2v) is 7.00. The van der Waals surface area contributed by atoms with Crippen LogP contribution in [-0.2, 0) is 11.3 Å². The van der Waals surface area contributed by atoms with Gasteiger partial charge in [0.1, 0.15) is 6.04 Å². The molecule has 1 aliphatic heterocycles. The molecule has 1 aliphatic rings. The zero-order valence-corrected chi connectivity index (χ0v) is 15.3. The summed E-state index contributed by atoms with van der Waals surface area (Å²) in [5.41, 5.74) is 1.56. The molecule has 0 saturated heterocycles. The van der Waals surface area contributed by atoms with Gasteiger partial charge in [-0.1, -0.05) is 49.7 Å². The smallest absolute Gasteiger partial charge is 0.262 e. The van der Waals surface area contributed by atoms with Crippen LogP contribution in [0.5, 0.6) is 0 Å². The minimum atomic E-state index is -0.866. The van der Waals surface area contributed by atoms with Gasteiger partial charge in [0.2, 0.25) is 5.91 Å². The quantitative estimate of drug-likeness (QED) is 0.821. The Labute approximate surface area is 156 Å². The topological polar surface area (TPSA) is 66.5 Å². The fourth-order valence-electron chi connectivity index (χ4n) is 3.07. The molecule has 0 bridgehead atoms. The first kappa shape index (κ1) is 18.1. The molecule has 1 atom stereocenters. The van der Waals surface area contributed by atoms with Crippen LogP contribution < -0.4 is 5.32 Å². The van der Waals surface area contributed by atoms with Gasteiger partial charge >= 0.3 is 0 Å². The van der Waals surface area contributed by atoms with Gasteiger partial charge in [-0.3, -0.25) is 19.3 Å². The molecule has 0 aromatic heterocycles. The van der Waals surface area contributed by atoms with E-state index < -0.39 is 17.9 Å². The highest BCUT2D eigenvalue weighted by atomic mass is 35.5. The molecule has 0 radical (unpaired) electrons. The number of hydrogen-bond donors (Lipinski definition) is 1. The fraction of sp³-hybridized carbons (Fsp3) is 0.250. The summed E-state index contributed by atoms with van der Waals surface area (Å²) < 4.78 is 0. The molecule has 1 N–H and O–H groups in total. The highest BCUT2D eigenvalue weighted by molar-refractivity contribution is 6.30. The van der Waals surface area contributed by atoms with Gasteiger partial charge in [0, 0.05) is 11.6 Å². The third kappa shape index (κ3) is 3.35. The maximum atomic E-state index is 12.8. The molecule has 1 unspecified atom stereocenters. The van der Waals surface area contributed by atoms with Crippen LogP contribution >= 0.6 is 11.6 Å². The Morgan fingerprint density at radius 1 is 1.00 bits per heavy atom. The molecular formula is C20H19ClN2O3. The summed E-state index contributed by atoms with van der Waals surface area (Å²) in [4.78, 5) is 39.2. The second-order valence-electron chi connectivity index (χ2n) is 6.56. The Hall–Kier alpha value is -2.66. The van der Waals surface area contributed by atoms with E-state index in [1.807, 2.05) is 26.0 Å². The number of hydrogen-bond acceptors (Lipinski definition) is 3. The van der Waals surface area contributed by atoms with Crippen LogP contribution in [0.1, 0.15) is 40.1 Å². The van der Waals surface area contributed by atoms with E-state index in [9.17, 15) is 14.4 Å². The van der Waals surface area contributed by atoms with Crippen LogP contribution in [0.25, 0.3) is 0 Å². The lowest BCUT2D eigenvalue weighted by molar-refractivity contribution is -0.126. The standard InChI is InChI=1S/C20H19ClN2O3/c1-12(2)17(18(24)22-11-13-7-9-14(21)10-8-13)23-19(25)15-5-3-4-6-16(15)20(23)26/h3-10,12,17H,11H2,1-2H3,(H,22,24). The van der Waals surface area contributed by atoms with Crippen LogP contribution in [0.3, 0.4) is 0 Å². The van der Waals surface area contributed by atoms with Gasteiger partial charge in [0.15, 0.2) is 0 Å². The van der Waals surface area contributed by atoms with Crippen molar-refractivity contribution in [1.29, 1.82) is 0 Å². The molecule has 2 aromatic carbocycles. The molecule has 3 amide bonds. The molecule has 26 heavy (non-hydrogen) atoms. The summed E-state index contributed by atoms with van der Waals surface area (Å²) in [6.07, 6.45) is 0. The van der Waals surface area contributed by atoms with E-state index in [2.05, 4.69) is 5.32 Å². The zero-order valence-electron chi connectivity index (χ0n) is 14.5. The average molecular weight is 371 g/mol. The Balaban J connectivity index is 1.79. The highest BCUT2D eigenvalue weighted by Gasteiger charge is 2.43. The zero-order chi connectivity index (χ0) is 18.8. The van der Waals surface area contributed by atoms with E-state index in [1.54, 1.807) is 36.4 Å². The minimum Gasteiger partial charge on any atom is -0.350 e. The number of imide groups is 1. The van der Waals surface area contributed by atoms with Crippen LogP contribution in [-0.4, -0.2) is 28.7 Å². The van der Waals surface area contributed by atoms with Crippen molar-refractivity contribution >= 4 is 29.3 Å². The average Bonchev–Trinajstić information content (AvgIpc) is 2.87. The summed E-state index contributed by atoms with van der Waals surface area (Å²) in [5, 5.41) is 3.43. The summed E-state index contributed by atoms with van der Waals surface area (Å²) in [6, 6.07) is 12.9. The van der Waals surface area contributed by atoms with Crippen molar-refractivity contribution in [3.63, 3.8) is 0 Å². The number of fused-ring (bicyclic) bond motifs is 1. The van der Waals surface area contributed by atoms with Gasteiger partial charge < -0.3 is 5.32 Å². The van der Waals surface area contributed by atoms with Crippen molar-refractivity contribution in [3.05, 3.63) is 70.2 Å². The maximum Gasteiger partial charge on any atom is 0.262 e. The van der Waals surface area contributed by atoms with Gasteiger partial charge in [0.25, 0.3) is 11.8 Å². The first-order valence-electron chi connectivity index (χ1n) is 8.39. The molecule has 1 heterocycles. The van der Waals surface area contributed by atoms with Gasteiger partial charge in [0.05, 0.1) is 11.1 Å². The lowest BCUT2D eigenvalue weighted by Gasteiger charge is -2.28. The molecule has 6 heteroatoms. The Morgan fingerprint density at radius 3 is 2.04 bits per heavy atom. The molecule has 3 rings (SSSR count). The fourth-order valence-corrected chi connectivity index (χ4v) is 3.20. The highest BCUT2D eigenvalue weighted by Crippen LogP contribution is 2.27. The lowest BCUT2D eigenvalue weighted by atomic mass is 10.0. The van der Waals surface area contributed by atoms with Crippen molar-refractivity contribution < 1.29 is 14.4 Å². The number of carbonyl (C=O) groups is 3. The maximum absolute atomic E-state index is 12.8. The van der Waals surface area contributed by atoms with Crippen molar-refractivity contribution in [3.8, 4) is 0 Å². The molecule has 0 saturated carbocycles. The van der Waals surface area contributed by atoms with Gasteiger partial charge in [-0.2, -0.15) is 0 Å². The number of nitrogens with one attached hydrogen (secondary N) is 1. The van der Waals surface area contributed by atoms with Crippen LogP contribution in [0.2, 0.25) is 5.02 Å². The van der Waals surface area contributed by atoms with Crippen LogP contribution in [0.15, 0.2) is 48.5 Å². The third-order valence-corrected chi connectivity index (χ3v) is 4.64. The van der Waals surface area contributed by atoms with Gasteiger partial charge in [-0.15, -0.1) is 0 Å². The lowest BCUT2D eigenvalue weighted by Crippen LogP contribution is -2.52. The number of nitrogens with zero attached hydrogens (tertiary/aromatic N) is 1. The summed E-state index contributed by atoms with van der Waals surface area (Å²) in [6.45, 7) is 3.93. The van der Waals surface area contributed by atoms with E-state index in [1.165, 1.54) is 0 Å². The largest absolute Gasteiger partial charge is 0.350 e. The molecule has 0 aliphatic carbocycles. The number of amides is 3. The third-order valence-electron chi connectivity index (χ3n) is 4.38. The Kier molecular flexibility index (Phi) is 5.09. The number of carbonyl (C=O) groups excluding carboxylic acids is 3. The molecule has 0 spiro atoms. The number of rotatable bonds is 5. The Bertz CT molecular complexity index is 827. The first-order valence-corrected chi connectivity index (χ1v) is 8.77. The van der Waals surface area contributed by atoms with E-state index in [0.717, 1.165) is 10.5 Å². The van der Waals surface area contributed by atoms with Crippen molar-refractivity contribution in [1.82, 2.24) is 10.2 Å². The summed E-state index contributed by atoms with van der Waals surface area (Å²) in [7, 11) is 0. The van der Waals surface area contributed by atoms with Crippen molar-refractivity contribution in [2.45, 2.75) is 26.4 Å². The van der Waals surface area contributed by atoms with Gasteiger partial charge in [-0.25, -0.2) is 0 Å². The van der Waals surface area contributed by atoms with Crippen molar-refractivity contribution in [2.24, 2.45) is 5.92 Å². The molecule has 134 valence electrons. The predicted molar refractivity (Wildman–Crippen MR) is 98.9 cm³/mol. The molecular weight excluding hydrogens is 352 g/mol. The minimum absolute atomic E-state index is 0.220. The SMILES string of the molecule is CC(C)C(C(=O)NCc1ccc(Cl)cc1)N1C(=O)c2ccccc2C1=O. The van der Waals surface area contributed by atoms with Crippen LogP contribution in [0.4, 0.5) is 0 Å². The van der Waals surface area contributed by atoms with E-state index >= 15 is 0 Å². The van der Waals surface area contributed by atoms with Crippen molar-refractivity contribution in [2.75, 3.05) is 0 Å². The number of benzene rings is 2.